The normalized spacial score (nSPS) is 20.9. The highest BCUT2D eigenvalue weighted by Crippen LogP contribution is 2.26. The first kappa shape index (κ1) is 15.3. The fourth-order valence-corrected chi connectivity index (χ4v) is 3.23. The quantitative estimate of drug-likeness (QED) is 0.858. The number of ether oxygens (including phenoxy) is 2. The summed E-state index contributed by atoms with van der Waals surface area (Å²) >= 11 is 0. The predicted molar refractivity (Wildman–Crippen MR) is 85.4 cm³/mol. The van der Waals surface area contributed by atoms with Gasteiger partial charge in [-0.05, 0) is 62.8 Å². The van der Waals surface area contributed by atoms with E-state index in [2.05, 4.69) is 0 Å². The largest absolute Gasteiger partial charge is 0.493 e. The Kier molecular flexibility index (Phi) is 4.98. The zero-order valence-corrected chi connectivity index (χ0v) is 13.3. The second-order valence-corrected chi connectivity index (χ2v) is 6.11. The number of likely N-dealkylation sites (N-methyl/N-ethyl adjacent to an activating group) is 1. The van der Waals surface area contributed by atoms with Crippen LogP contribution in [-0.2, 0) is 11.2 Å². The summed E-state index contributed by atoms with van der Waals surface area (Å²) in [5, 5.41) is 0. The van der Waals surface area contributed by atoms with E-state index in [4.69, 9.17) is 9.47 Å². The summed E-state index contributed by atoms with van der Waals surface area (Å²) in [6, 6.07) is 5.82. The molecule has 2 aliphatic heterocycles. The molecule has 0 aliphatic carbocycles. The van der Waals surface area contributed by atoms with Crippen LogP contribution in [0, 0.1) is 0 Å². The van der Waals surface area contributed by atoms with E-state index >= 15 is 0 Å². The maximum atomic E-state index is 12.8. The number of amides is 1. The van der Waals surface area contributed by atoms with Crippen molar-refractivity contribution in [3.8, 4) is 5.75 Å². The number of fused-ring (bicyclic) bond motifs is 1. The highest BCUT2D eigenvalue weighted by molar-refractivity contribution is 5.94. The molecule has 1 atom stereocenters. The third-order valence-electron chi connectivity index (χ3n) is 4.52. The van der Waals surface area contributed by atoms with Crippen molar-refractivity contribution >= 4 is 5.91 Å². The Hall–Kier alpha value is -1.55. The molecule has 3 rings (SSSR count). The van der Waals surface area contributed by atoms with Crippen molar-refractivity contribution in [2.24, 2.45) is 0 Å². The Balaban J connectivity index is 1.70. The molecule has 1 aromatic rings. The van der Waals surface area contributed by atoms with Crippen LogP contribution < -0.4 is 4.74 Å². The number of nitrogens with zero attached hydrogens (tertiary/aromatic N) is 1. The minimum absolute atomic E-state index is 0.102. The van der Waals surface area contributed by atoms with Crippen LogP contribution in [0.15, 0.2) is 18.2 Å². The van der Waals surface area contributed by atoms with Crippen molar-refractivity contribution in [3.63, 3.8) is 0 Å². The zero-order chi connectivity index (χ0) is 15.4. The lowest BCUT2D eigenvalue weighted by Crippen LogP contribution is -2.39. The van der Waals surface area contributed by atoms with Crippen molar-refractivity contribution in [1.82, 2.24) is 4.90 Å². The van der Waals surface area contributed by atoms with E-state index in [1.165, 1.54) is 6.42 Å². The monoisotopic (exact) mass is 303 g/mol. The van der Waals surface area contributed by atoms with Gasteiger partial charge in [-0.3, -0.25) is 4.79 Å². The Morgan fingerprint density at radius 3 is 2.95 bits per heavy atom. The summed E-state index contributed by atoms with van der Waals surface area (Å²) < 4.78 is 11.4. The highest BCUT2D eigenvalue weighted by atomic mass is 16.5. The van der Waals surface area contributed by atoms with Crippen LogP contribution >= 0.6 is 0 Å². The number of carbonyl (C=O) groups excluding carboxylic acids is 1. The molecule has 0 radical (unpaired) electrons. The Morgan fingerprint density at radius 2 is 2.18 bits per heavy atom. The van der Waals surface area contributed by atoms with Gasteiger partial charge in [0.1, 0.15) is 5.75 Å². The minimum Gasteiger partial charge on any atom is -0.493 e. The van der Waals surface area contributed by atoms with E-state index in [0.717, 1.165) is 55.8 Å². The second-order valence-electron chi connectivity index (χ2n) is 6.11. The number of benzene rings is 1. The van der Waals surface area contributed by atoms with Gasteiger partial charge in [0.05, 0.1) is 12.7 Å². The first-order valence-electron chi connectivity index (χ1n) is 8.44. The molecule has 1 fully saturated rings. The summed E-state index contributed by atoms with van der Waals surface area (Å²) in [6.07, 6.45) is 5.61. The molecule has 2 aliphatic rings. The van der Waals surface area contributed by atoms with Gasteiger partial charge in [-0.25, -0.2) is 0 Å². The smallest absolute Gasteiger partial charge is 0.253 e. The number of hydrogen-bond donors (Lipinski definition) is 0. The van der Waals surface area contributed by atoms with Crippen LogP contribution in [0.25, 0.3) is 0 Å². The van der Waals surface area contributed by atoms with Gasteiger partial charge in [0.25, 0.3) is 5.91 Å². The molecule has 1 saturated heterocycles. The molecule has 1 amide bonds. The highest BCUT2D eigenvalue weighted by Gasteiger charge is 2.22. The summed E-state index contributed by atoms with van der Waals surface area (Å²) in [5.41, 5.74) is 1.92. The van der Waals surface area contributed by atoms with E-state index in [1.807, 2.05) is 30.0 Å². The molecule has 4 nitrogen and oxygen atoms in total. The van der Waals surface area contributed by atoms with Crippen molar-refractivity contribution < 1.29 is 14.3 Å². The summed E-state index contributed by atoms with van der Waals surface area (Å²) in [4.78, 5) is 14.7. The summed E-state index contributed by atoms with van der Waals surface area (Å²) in [5.74, 6) is 1.03. The van der Waals surface area contributed by atoms with Crippen LogP contribution in [0.2, 0.25) is 0 Å². The van der Waals surface area contributed by atoms with Crippen molar-refractivity contribution in [1.29, 1.82) is 0 Å². The second kappa shape index (κ2) is 7.14. The Labute approximate surface area is 132 Å². The van der Waals surface area contributed by atoms with Gasteiger partial charge >= 0.3 is 0 Å². The summed E-state index contributed by atoms with van der Waals surface area (Å²) in [6.45, 7) is 5.05. The molecule has 2 heterocycles. The average Bonchev–Trinajstić information content (AvgIpc) is 2.59. The standard InChI is InChI=1S/C18H25NO3/c1-2-19(13-16-7-3-4-10-21-16)18(20)15-8-9-17-14(12-15)6-5-11-22-17/h8-9,12,16H,2-7,10-11,13H2,1H3/t16-/m1/s1. The first-order valence-corrected chi connectivity index (χ1v) is 8.44. The SMILES string of the molecule is CCN(C[C@H]1CCCCO1)C(=O)c1ccc2c(c1)CCCO2. The Bertz CT molecular complexity index is 523. The fourth-order valence-electron chi connectivity index (χ4n) is 3.23. The van der Waals surface area contributed by atoms with E-state index in [0.29, 0.717) is 13.1 Å². The van der Waals surface area contributed by atoms with Crippen LogP contribution in [0.5, 0.6) is 5.75 Å². The third kappa shape index (κ3) is 3.43. The van der Waals surface area contributed by atoms with Gasteiger partial charge in [-0.1, -0.05) is 0 Å². The van der Waals surface area contributed by atoms with Gasteiger partial charge in [0.15, 0.2) is 0 Å². The molecule has 0 saturated carbocycles. The maximum absolute atomic E-state index is 12.8. The molecular weight excluding hydrogens is 278 g/mol. The molecule has 0 spiro atoms. The van der Waals surface area contributed by atoms with E-state index in [9.17, 15) is 4.79 Å². The van der Waals surface area contributed by atoms with Gasteiger partial charge in [-0.2, -0.15) is 0 Å². The van der Waals surface area contributed by atoms with Crippen molar-refractivity contribution in [2.45, 2.75) is 45.1 Å². The number of hydrogen-bond acceptors (Lipinski definition) is 3. The predicted octanol–water partition coefficient (Wildman–Crippen LogP) is 3.04. The summed E-state index contributed by atoms with van der Waals surface area (Å²) in [7, 11) is 0. The van der Waals surface area contributed by atoms with Crippen molar-refractivity contribution in [3.05, 3.63) is 29.3 Å². The maximum Gasteiger partial charge on any atom is 0.253 e. The van der Waals surface area contributed by atoms with E-state index in [-0.39, 0.29) is 12.0 Å². The van der Waals surface area contributed by atoms with Crippen LogP contribution in [0.3, 0.4) is 0 Å². The van der Waals surface area contributed by atoms with Crippen molar-refractivity contribution in [2.75, 3.05) is 26.3 Å². The molecular formula is C18H25NO3. The number of aryl methyl sites for hydroxylation is 1. The van der Waals surface area contributed by atoms with Crippen LogP contribution in [0.4, 0.5) is 0 Å². The molecule has 0 unspecified atom stereocenters. The molecule has 22 heavy (non-hydrogen) atoms. The molecule has 0 bridgehead atoms. The zero-order valence-electron chi connectivity index (χ0n) is 13.3. The first-order chi connectivity index (χ1) is 10.8. The number of carbonyl (C=O) groups is 1. The van der Waals surface area contributed by atoms with Gasteiger partial charge < -0.3 is 14.4 Å². The average molecular weight is 303 g/mol. The number of rotatable bonds is 4. The molecule has 1 aromatic carbocycles. The molecule has 120 valence electrons. The van der Waals surface area contributed by atoms with Crippen LogP contribution in [-0.4, -0.2) is 43.2 Å². The topological polar surface area (TPSA) is 38.8 Å². The van der Waals surface area contributed by atoms with Gasteiger partial charge in [-0.15, -0.1) is 0 Å². The Morgan fingerprint density at radius 1 is 1.27 bits per heavy atom. The van der Waals surface area contributed by atoms with Gasteiger partial charge in [0, 0.05) is 25.3 Å². The minimum atomic E-state index is 0.102. The van der Waals surface area contributed by atoms with E-state index in [1.54, 1.807) is 0 Å². The van der Waals surface area contributed by atoms with Crippen LogP contribution in [0.1, 0.15) is 48.5 Å². The fraction of sp³-hybridized carbons (Fsp3) is 0.611. The van der Waals surface area contributed by atoms with Gasteiger partial charge in [0.2, 0.25) is 0 Å². The molecule has 0 aromatic heterocycles. The molecule has 4 heteroatoms. The lowest BCUT2D eigenvalue weighted by molar-refractivity contribution is -0.00311. The third-order valence-corrected chi connectivity index (χ3v) is 4.52. The lowest BCUT2D eigenvalue weighted by atomic mass is 10.0. The molecule has 0 N–H and O–H groups in total. The van der Waals surface area contributed by atoms with E-state index < -0.39 is 0 Å². The lowest BCUT2D eigenvalue weighted by Gasteiger charge is -2.29.